The van der Waals surface area contributed by atoms with Crippen molar-refractivity contribution in [2.75, 3.05) is 5.75 Å². The van der Waals surface area contributed by atoms with E-state index in [1.54, 1.807) is 18.2 Å². The Morgan fingerprint density at radius 3 is 2.69 bits per heavy atom. The number of carbonyl (C=O) groups is 1. The molecule has 0 bridgehead atoms. The van der Waals surface area contributed by atoms with E-state index >= 15 is 0 Å². The number of nitrogens with one attached hydrogen (secondary N) is 1. The molecule has 0 atom stereocenters. The van der Waals surface area contributed by atoms with E-state index < -0.39 is 0 Å². The molecule has 7 heteroatoms. The number of ether oxygens (including phenoxy) is 1. The Balaban J connectivity index is 1.29. The Morgan fingerprint density at radius 1 is 1.03 bits per heavy atom. The van der Waals surface area contributed by atoms with Crippen molar-refractivity contribution >= 4 is 28.8 Å². The van der Waals surface area contributed by atoms with Gasteiger partial charge in [-0.15, -0.1) is 0 Å². The van der Waals surface area contributed by atoms with Gasteiger partial charge in [0.05, 0.1) is 5.75 Å². The summed E-state index contributed by atoms with van der Waals surface area (Å²) in [6.07, 6.45) is 0. The molecular weight excluding hydrogens is 391 g/mol. The van der Waals surface area contributed by atoms with Crippen LogP contribution in [0.3, 0.4) is 0 Å². The van der Waals surface area contributed by atoms with Crippen molar-refractivity contribution in [3.8, 4) is 11.5 Å². The van der Waals surface area contributed by atoms with Crippen LogP contribution in [0.4, 0.5) is 4.39 Å². The molecule has 5 nitrogen and oxygen atoms in total. The molecule has 0 fully saturated rings. The van der Waals surface area contributed by atoms with E-state index in [0.29, 0.717) is 28.8 Å². The Bertz CT molecular complexity index is 1100. The summed E-state index contributed by atoms with van der Waals surface area (Å²) in [6, 6.07) is 20.6. The summed E-state index contributed by atoms with van der Waals surface area (Å²) in [6.45, 7) is 0.369. The molecule has 0 aliphatic carbocycles. The molecule has 0 aliphatic rings. The number of aromatic nitrogens is 1. The Hall–Kier alpha value is -3.32. The quantitative estimate of drug-likeness (QED) is 0.428. The minimum atomic E-state index is -0.315. The maximum atomic E-state index is 13.0. The average Bonchev–Trinajstić information content (AvgIpc) is 3.16. The van der Waals surface area contributed by atoms with Crippen LogP contribution in [0.2, 0.25) is 0 Å². The highest BCUT2D eigenvalue weighted by Gasteiger charge is 2.09. The van der Waals surface area contributed by atoms with Crippen LogP contribution < -0.4 is 10.1 Å². The zero-order valence-corrected chi connectivity index (χ0v) is 16.1. The van der Waals surface area contributed by atoms with Crippen molar-refractivity contribution in [1.82, 2.24) is 10.3 Å². The van der Waals surface area contributed by atoms with Gasteiger partial charge in [-0.3, -0.25) is 4.79 Å². The van der Waals surface area contributed by atoms with Gasteiger partial charge in [-0.05, 0) is 54.1 Å². The van der Waals surface area contributed by atoms with Gasteiger partial charge < -0.3 is 14.5 Å². The predicted octanol–water partition coefficient (Wildman–Crippen LogP) is 5.17. The summed E-state index contributed by atoms with van der Waals surface area (Å²) >= 11 is 1.25. The summed E-state index contributed by atoms with van der Waals surface area (Å²) < 4.78 is 24.3. The average molecular weight is 408 g/mol. The monoisotopic (exact) mass is 408 g/mol. The number of amides is 1. The van der Waals surface area contributed by atoms with Crippen LogP contribution in [0.5, 0.6) is 11.5 Å². The third-order valence-electron chi connectivity index (χ3n) is 4.04. The fraction of sp³-hybridized carbons (Fsp3) is 0.0909. The van der Waals surface area contributed by atoms with Crippen LogP contribution in [-0.2, 0) is 11.3 Å². The maximum Gasteiger partial charge on any atom is 0.257 e. The number of fused-ring (bicyclic) bond motifs is 1. The molecule has 0 radical (unpaired) electrons. The van der Waals surface area contributed by atoms with Gasteiger partial charge >= 0.3 is 0 Å². The van der Waals surface area contributed by atoms with Crippen molar-refractivity contribution in [3.63, 3.8) is 0 Å². The number of rotatable bonds is 7. The molecule has 1 aromatic heterocycles. The van der Waals surface area contributed by atoms with E-state index in [4.69, 9.17) is 9.15 Å². The first kappa shape index (κ1) is 19.0. The lowest BCUT2D eigenvalue weighted by Crippen LogP contribution is -2.24. The van der Waals surface area contributed by atoms with Gasteiger partial charge in [-0.2, -0.15) is 0 Å². The van der Waals surface area contributed by atoms with Gasteiger partial charge in [0.15, 0.2) is 5.58 Å². The van der Waals surface area contributed by atoms with Crippen molar-refractivity contribution < 1.29 is 18.3 Å². The van der Waals surface area contributed by atoms with Gasteiger partial charge in [0, 0.05) is 6.54 Å². The number of thioether (sulfide) groups is 1. The normalized spacial score (nSPS) is 10.8. The highest BCUT2D eigenvalue weighted by Crippen LogP contribution is 2.24. The van der Waals surface area contributed by atoms with Crippen molar-refractivity contribution in [2.45, 2.75) is 11.8 Å². The minimum Gasteiger partial charge on any atom is -0.457 e. The molecule has 0 spiro atoms. The zero-order valence-electron chi connectivity index (χ0n) is 15.3. The molecular formula is C22H17FN2O3S. The van der Waals surface area contributed by atoms with E-state index in [9.17, 15) is 9.18 Å². The standard InChI is InChI=1S/C22H17FN2O3S/c23-16-8-10-17(11-9-16)27-18-5-3-4-15(12-18)13-24-21(26)14-29-22-25-19-6-1-2-7-20(19)28-22/h1-12H,13-14H2,(H,24,26). The lowest BCUT2D eigenvalue weighted by atomic mass is 10.2. The molecule has 4 rings (SSSR count). The van der Waals surface area contributed by atoms with Gasteiger partial charge in [-0.25, -0.2) is 9.37 Å². The Kier molecular flexibility index (Phi) is 5.76. The number of hydrogen-bond acceptors (Lipinski definition) is 5. The SMILES string of the molecule is O=C(CSc1nc2ccccc2o1)NCc1cccc(Oc2ccc(F)cc2)c1. The number of nitrogens with zero attached hydrogens (tertiary/aromatic N) is 1. The second kappa shape index (κ2) is 8.79. The number of carbonyl (C=O) groups excluding carboxylic acids is 1. The predicted molar refractivity (Wildman–Crippen MR) is 109 cm³/mol. The number of hydrogen-bond donors (Lipinski definition) is 1. The summed E-state index contributed by atoms with van der Waals surface area (Å²) in [5, 5.41) is 3.34. The molecule has 0 unspecified atom stereocenters. The van der Waals surface area contributed by atoms with E-state index in [0.717, 1.165) is 11.1 Å². The van der Waals surface area contributed by atoms with Crippen LogP contribution in [-0.4, -0.2) is 16.6 Å². The summed E-state index contributed by atoms with van der Waals surface area (Å²) in [5.74, 6) is 0.927. The largest absolute Gasteiger partial charge is 0.457 e. The maximum absolute atomic E-state index is 13.0. The van der Waals surface area contributed by atoms with E-state index in [1.807, 2.05) is 42.5 Å². The smallest absolute Gasteiger partial charge is 0.257 e. The van der Waals surface area contributed by atoms with E-state index in [1.165, 1.54) is 23.9 Å². The minimum absolute atomic E-state index is 0.123. The second-order valence-corrected chi connectivity index (χ2v) is 7.14. The molecule has 4 aromatic rings. The molecule has 146 valence electrons. The summed E-state index contributed by atoms with van der Waals surface area (Å²) in [7, 11) is 0. The second-order valence-electron chi connectivity index (χ2n) is 6.22. The van der Waals surface area contributed by atoms with Crippen LogP contribution in [0.1, 0.15) is 5.56 Å². The number of para-hydroxylation sites is 2. The lowest BCUT2D eigenvalue weighted by molar-refractivity contribution is -0.118. The zero-order chi connectivity index (χ0) is 20.1. The number of benzene rings is 3. The van der Waals surface area contributed by atoms with Crippen molar-refractivity contribution in [1.29, 1.82) is 0 Å². The first-order valence-corrected chi connectivity index (χ1v) is 9.92. The van der Waals surface area contributed by atoms with Gasteiger partial charge in [0.2, 0.25) is 5.91 Å². The Morgan fingerprint density at radius 2 is 1.86 bits per heavy atom. The highest BCUT2D eigenvalue weighted by atomic mass is 32.2. The molecule has 1 amide bonds. The van der Waals surface area contributed by atoms with E-state index in [-0.39, 0.29) is 17.5 Å². The molecule has 0 saturated heterocycles. The van der Waals surface area contributed by atoms with E-state index in [2.05, 4.69) is 10.3 Å². The Labute approximate surface area is 170 Å². The summed E-state index contributed by atoms with van der Waals surface area (Å²) in [5.41, 5.74) is 2.37. The first-order chi connectivity index (χ1) is 14.2. The topological polar surface area (TPSA) is 64.4 Å². The number of oxazole rings is 1. The third-order valence-corrected chi connectivity index (χ3v) is 4.87. The van der Waals surface area contributed by atoms with Crippen molar-refractivity contribution in [2.24, 2.45) is 0 Å². The molecule has 0 aliphatic heterocycles. The van der Waals surface area contributed by atoms with Crippen LogP contribution in [0.25, 0.3) is 11.1 Å². The van der Waals surface area contributed by atoms with Gasteiger partial charge in [0.1, 0.15) is 22.8 Å². The van der Waals surface area contributed by atoms with Crippen molar-refractivity contribution in [3.05, 3.63) is 84.2 Å². The molecule has 0 saturated carbocycles. The molecule has 1 heterocycles. The molecule has 3 aromatic carbocycles. The van der Waals surface area contributed by atoms with Gasteiger partial charge in [0.25, 0.3) is 5.22 Å². The highest BCUT2D eigenvalue weighted by molar-refractivity contribution is 7.99. The third kappa shape index (κ3) is 5.14. The summed E-state index contributed by atoms with van der Waals surface area (Å²) in [4.78, 5) is 16.5. The lowest BCUT2D eigenvalue weighted by Gasteiger charge is -2.08. The molecule has 1 N–H and O–H groups in total. The fourth-order valence-corrected chi connectivity index (χ4v) is 3.32. The van der Waals surface area contributed by atoms with Crippen LogP contribution >= 0.6 is 11.8 Å². The number of halogens is 1. The van der Waals surface area contributed by atoms with Crippen LogP contribution in [0.15, 0.2) is 82.4 Å². The first-order valence-electron chi connectivity index (χ1n) is 8.93. The van der Waals surface area contributed by atoms with Gasteiger partial charge in [-0.1, -0.05) is 36.0 Å². The molecule has 29 heavy (non-hydrogen) atoms. The fourth-order valence-electron chi connectivity index (χ4n) is 2.65. The van der Waals surface area contributed by atoms with Crippen LogP contribution in [0, 0.1) is 5.82 Å².